The molecule has 0 radical (unpaired) electrons. The van der Waals surface area contributed by atoms with Crippen molar-refractivity contribution < 1.29 is 9.53 Å². The lowest BCUT2D eigenvalue weighted by atomic mass is 10.5. The van der Waals surface area contributed by atoms with Gasteiger partial charge in [0.25, 0.3) is 0 Å². The fourth-order valence-corrected chi connectivity index (χ4v) is 0.539. The van der Waals surface area contributed by atoms with E-state index in [0.29, 0.717) is 0 Å². The van der Waals surface area contributed by atoms with E-state index in [2.05, 4.69) is 4.74 Å². The van der Waals surface area contributed by atoms with Gasteiger partial charge in [0.1, 0.15) is 0 Å². The lowest BCUT2D eigenvalue weighted by molar-refractivity contribution is -0.133. The largest absolute Gasteiger partial charge is 0.463 e. The van der Waals surface area contributed by atoms with Crippen molar-refractivity contribution in [2.75, 3.05) is 14.2 Å². The number of nitrogens with one attached hydrogen (secondary N) is 1. The molecule has 0 aromatic rings. The van der Waals surface area contributed by atoms with Gasteiger partial charge in [-0.3, -0.25) is 5.41 Å². The summed E-state index contributed by atoms with van der Waals surface area (Å²) in [5, 5.41) is 7.20. The molecule has 0 aliphatic rings. The number of nitrogens with zero attached hydrogens (tertiary/aromatic N) is 1. The highest BCUT2D eigenvalue weighted by atomic mass is 16.5. The second-order valence-electron chi connectivity index (χ2n) is 1.93. The standard InChI is InChI=1S/C7H12N2O2/c1-4-5-9(2)6(8)7(10)11-3/h4-5,8H,1-3H3/b5-4-,8-6?. The van der Waals surface area contributed by atoms with Crippen molar-refractivity contribution >= 4 is 11.8 Å². The van der Waals surface area contributed by atoms with Crippen LogP contribution in [0.15, 0.2) is 12.3 Å². The van der Waals surface area contributed by atoms with Crippen LogP contribution in [0, 0.1) is 5.41 Å². The van der Waals surface area contributed by atoms with Gasteiger partial charge in [0, 0.05) is 13.2 Å². The van der Waals surface area contributed by atoms with Gasteiger partial charge in [-0.15, -0.1) is 0 Å². The van der Waals surface area contributed by atoms with Gasteiger partial charge in [-0.1, -0.05) is 6.08 Å². The molecule has 0 aromatic heterocycles. The number of amidine groups is 1. The van der Waals surface area contributed by atoms with Crippen LogP contribution in [-0.2, 0) is 9.53 Å². The highest BCUT2D eigenvalue weighted by molar-refractivity contribution is 6.33. The monoisotopic (exact) mass is 156 g/mol. The molecule has 11 heavy (non-hydrogen) atoms. The maximum absolute atomic E-state index is 10.7. The van der Waals surface area contributed by atoms with Gasteiger partial charge in [-0.2, -0.15) is 0 Å². The Morgan fingerprint density at radius 3 is 2.55 bits per heavy atom. The van der Waals surface area contributed by atoms with E-state index < -0.39 is 5.97 Å². The number of carbonyl (C=O) groups excluding carboxylic acids is 1. The van der Waals surface area contributed by atoms with Crippen molar-refractivity contribution in [3.05, 3.63) is 12.3 Å². The Balaban J connectivity index is 4.13. The van der Waals surface area contributed by atoms with Crippen molar-refractivity contribution in [2.45, 2.75) is 6.92 Å². The van der Waals surface area contributed by atoms with E-state index in [-0.39, 0.29) is 5.84 Å². The first-order chi connectivity index (χ1) is 5.13. The first-order valence-corrected chi connectivity index (χ1v) is 3.16. The van der Waals surface area contributed by atoms with Crippen LogP contribution in [0.1, 0.15) is 6.92 Å². The van der Waals surface area contributed by atoms with Crippen LogP contribution >= 0.6 is 0 Å². The fraction of sp³-hybridized carbons (Fsp3) is 0.429. The van der Waals surface area contributed by atoms with E-state index in [0.717, 1.165) is 0 Å². The van der Waals surface area contributed by atoms with E-state index >= 15 is 0 Å². The van der Waals surface area contributed by atoms with Crippen LogP contribution in [0.5, 0.6) is 0 Å². The molecule has 0 atom stereocenters. The van der Waals surface area contributed by atoms with Crippen molar-refractivity contribution in [1.29, 1.82) is 5.41 Å². The predicted octanol–water partition coefficient (Wildman–Crippen LogP) is 0.602. The average molecular weight is 156 g/mol. The van der Waals surface area contributed by atoms with Crippen LogP contribution in [-0.4, -0.2) is 30.9 Å². The lowest BCUT2D eigenvalue weighted by Gasteiger charge is -2.11. The molecule has 0 fully saturated rings. The van der Waals surface area contributed by atoms with Crippen molar-refractivity contribution in [3.63, 3.8) is 0 Å². The minimum Gasteiger partial charge on any atom is -0.463 e. The third-order valence-electron chi connectivity index (χ3n) is 1.10. The van der Waals surface area contributed by atoms with Gasteiger partial charge in [-0.25, -0.2) is 4.79 Å². The third-order valence-corrected chi connectivity index (χ3v) is 1.10. The van der Waals surface area contributed by atoms with E-state index in [9.17, 15) is 4.79 Å². The molecule has 0 aromatic carbocycles. The summed E-state index contributed by atoms with van der Waals surface area (Å²) in [5.41, 5.74) is 0. The Morgan fingerprint density at radius 1 is 1.64 bits per heavy atom. The quantitative estimate of drug-likeness (QED) is 0.343. The van der Waals surface area contributed by atoms with Crippen molar-refractivity contribution in [1.82, 2.24) is 4.90 Å². The topological polar surface area (TPSA) is 53.4 Å². The van der Waals surface area contributed by atoms with Crippen LogP contribution < -0.4 is 0 Å². The van der Waals surface area contributed by atoms with E-state index in [1.807, 2.05) is 0 Å². The Labute approximate surface area is 66.0 Å². The molecule has 0 rings (SSSR count). The molecule has 0 heterocycles. The van der Waals surface area contributed by atoms with Gasteiger partial charge < -0.3 is 9.64 Å². The lowest BCUT2D eigenvalue weighted by Crippen LogP contribution is -2.29. The zero-order valence-electron chi connectivity index (χ0n) is 6.92. The molecule has 0 spiro atoms. The van der Waals surface area contributed by atoms with Gasteiger partial charge in [0.15, 0.2) is 0 Å². The molecule has 62 valence electrons. The summed E-state index contributed by atoms with van der Waals surface area (Å²) in [5.74, 6) is -0.809. The van der Waals surface area contributed by atoms with E-state index in [4.69, 9.17) is 5.41 Å². The van der Waals surface area contributed by atoms with Crippen LogP contribution in [0.2, 0.25) is 0 Å². The number of rotatable bonds is 1. The van der Waals surface area contributed by atoms with Gasteiger partial charge in [-0.05, 0) is 6.92 Å². The Hall–Kier alpha value is -1.32. The van der Waals surface area contributed by atoms with Crippen LogP contribution in [0.4, 0.5) is 0 Å². The first-order valence-electron chi connectivity index (χ1n) is 3.16. The summed E-state index contributed by atoms with van der Waals surface area (Å²) in [6.07, 6.45) is 3.34. The second-order valence-corrected chi connectivity index (χ2v) is 1.93. The zero-order valence-corrected chi connectivity index (χ0v) is 6.92. The van der Waals surface area contributed by atoms with E-state index in [1.165, 1.54) is 12.0 Å². The van der Waals surface area contributed by atoms with Crippen molar-refractivity contribution in [2.24, 2.45) is 0 Å². The summed E-state index contributed by atoms with van der Waals surface area (Å²) in [6.45, 7) is 1.81. The minimum absolute atomic E-state index is 0.175. The smallest absolute Gasteiger partial charge is 0.373 e. The molecule has 0 amide bonds. The van der Waals surface area contributed by atoms with Gasteiger partial charge in [0.2, 0.25) is 5.84 Å². The minimum atomic E-state index is -0.634. The number of esters is 1. The third kappa shape index (κ3) is 2.84. The SMILES string of the molecule is C/C=C\N(C)C(=N)C(=O)OC. The molecule has 4 heteroatoms. The normalized spacial score (nSPS) is 9.73. The molecule has 0 bridgehead atoms. The number of allylic oxidation sites excluding steroid dienone is 1. The van der Waals surface area contributed by atoms with Crippen LogP contribution in [0.3, 0.4) is 0 Å². The number of ether oxygens (including phenoxy) is 1. The van der Waals surface area contributed by atoms with Crippen molar-refractivity contribution in [3.8, 4) is 0 Å². The summed E-state index contributed by atoms with van der Waals surface area (Å²) < 4.78 is 4.34. The average Bonchev–Trinajstić information content (AvgIpc) is 2.02. The predicted molar refractivity (Wildman–Crippen MR) is 42.3 cm³/mol. The Kier molecular flexibility index (Phi) is 3.95. The molecule has 4 nitrogen and oxygen atoms in total. The number of hydrogen-bond donors (Lipinski definition) is 1. The Morgan fingerprint density at radius 2 is 2.18 bits per heavy atom. The first kappa shape index (κ1) is 9.68. The highest BCUT2D eigenvalue weighted by Gasteiger charge is 2.11. The second kappa shape index (κ2) is 4.49. The summed E-state index contributed by atoms with van der Waals surface area (Å²) in [7, 11) is 2.86. The molecule has 0 aliphatic carbocycles. The number of carbonyl (C=O) groups is 1. The summed E-state index contributed by atoms with van der Waals surface area (Å²) in [6, 6.07) is 0. The highest BCUT2D eigenvalue weighted by Crippen LogP contribution is 1.88. The molecule has 1 N–H and O–H groups in total. The summed E-state index contributed by atoms with van der Waals surface area (Å²) >= 11 is 0. The van der Waals surface area contributed by atoms with E-state index in [1.54, 1.807) is 26.2 Å². The molecule has 0 saturated carbocycles. The molecular weight excluding hydrogens is 144 g/mol. The fourth-order valence-electron chi connectivity index (χ4n) is 0.539. The molecule has 0 aliphatic heterocycles. The summed E-state index contributed by atoms with van der Waals surface area (Å²) in [4.78, 5) is 12.1. The van der Waals surface area contributed by atoms with Crippen LogP contribution in [0.25, 0.3) is 0 Å². The van der Waals surface area contributed by atoms with Gasteiger partial charge >= 0.3 is 5.97 Å². The number of hydrogen-bond acceptors (Lipinski definition) is 3. The molecular formula is C7H12N2O2. The number of methoxy groups -OCH3 is 1. The maximum atomic E-state index is 10.7. The Bertz CT molecular complexity index is 187. The molecule has 0 saturated heterocycles. The zero-order chi connectivity index (χ0) is 8.85. The molecule has 0 unspecified atom stereocenters. The number of likely N-dealkylation sites (N-methyl/N-ethyl adjacent to an activating group) is 1. The van der Waals surface area contributed by atoms with Gasteiger partial charge in [0.05, 0.1) is 7.11 Å². The maximum Gasteiger partial charge on any atom is 0.373 e.